The maximum Gasteiger partial charge on any atom is 0.111 e. The summed E-state index contributed by atoms with van der Waals surface area (Å²) in [6.45, 7) is 1.74. The first-order valence-electron chi connectivity index (χ1n) is 4.03. The predicted molar refractivity (Wildman–Crippen MR) is 54.9 cm³/mol. The van der Waals surface area contributed by atoms with Crippen LogP contribution in [0.5, 0.6) is 0 Å². The van der Waals surface area contributed by atoms with E-state index in [-0.39, 0.29) is 6.04 Å². The summed E-state index contributed by atoms with van der Waals surface area (Å²) in [5.74, 6) is 0. The lowest BCUT2D eigenvalue weighted by Crippen LogP contribution is -2.11. The van der Waals surface area contributed by atoms with Crippen LogP contribution in [0.15, 0.2) is 18.2 Å². The maximum absolute atomic E-state index is 8.63. The van der Waals surface area contributed by atoms with Gasteiger partial charge in [-0.2, -0.15) is 10.5 Å². The van der Waals surface area contributed by atoms with E-state index in [1.54, 1.807) is 25.1 Å². The van der Waals surface area contributed by atoms with Crippen LogP contribution in [0.3, 0.4) is 0 Å². The van der Waals surface area contributed by atoms with Gasteiger partial charge in [0.25, 0.3) is 0 Å². The standard InChI is InChI=1S/C10H8ClN3/c1-7(5-12)14-9-3-2-8(6-13)10(11)4-9/h2-4,7,14H,1H3. The summed E-state index contributed by atoms with van der Waals surface area (Å²) in [6, 6.07) is 8.70. The van der Waals surface area contributed by atoms with E-state index in [1.807, 2.05) is 12.1 Å². The summed E-state index contributed by atoms with van der Waals surface area (Å²) in [5.41, 5.74) is 1.17. The molecule has 0 heterocycles. The Bertz CT molecular complexity index is 414. The highest BCUT2D eigenvalue weighted by Crippen LogP contribution is 2.20. The predicted octanol–water partition coefficient (Wildman–Crippen LogP) is 2.54. The van der Waals surface area contributed by atoms with Crippen LogP contribution in [0.4, 0.5) is 5.69 Å². The molecule has 0 fully saturated rings. The average molecular weight is 206 g/mol. The van der Waals surface area contributed by atoms with E-state index < -0.39 is 0 Å². The molecule has 1 aromatic carbocycles. The Morgan fingerprint density at radius 1 is 1.43 bits per heavy atom. The van der Waals surface area contributed by atoms with Crippen molar-refractivity contribution in [2.24, 2.45) is 0 Å². The number of hydrogen-bond acceptors (Lipinski definition) is 3. The lowest BCUT2D eigenvalue weighted by Gasteiger charge is -2.08. The van der Waals surface area contributed by atoms with E-state index in [2.05, 4.69) is 5.32 Å². The van der Waals surface area contributed by atoms with Crippen molar-refractivity contribution >= 4 is 17.3 Å². The number of rotatable bonds is 2. The maximum atomic E-state index is 8.63. The van der Waals surface area contributed by atoms with Gasteiger partial charge in [-0.25, -0.2) is 0 Å². The van der Waals surface area contributed by atoms with Gasteiger partial charge in [-0.1, -0.05) is 11.6 Å². The summed E-state index contributed by atoms with van der Waals surface area (Å²) in [4.78, 5) is 0. The van der Waals surface area contributed by atoms with Crippen LogP contribution < -0.4 is 5.32 Å². The van der Waals surface area contributed by atoms with Gasteiger partial charge < -0.3 is 5.32 Å². The molecule has 4 heteroatoms. The zero-order valence-electron chi connectivity index (χ0n) is 7.58. The van der Waals surface area contributed by atoms with Crippen LogP contribution in [-0.2, 0) is 0 Å². The van der Waals surface area contributed by atoms with Gasteiger partial charge >= 0.3 is 0 Å². The summed E-state index contributed by atoms with van der Waals surface area (Å²) < 4.78 is 0. The fourth-order valence-corrected chi connectivity index (χ4v) is 1.20. The smallest absolute Gasteiger partial charge is 0.111 e. The van der Waals surface area contributed by atoms with Crippen LogP contribution in [0.2, 0.25) is 5.02 Å². The van der Waals surface area contributed by atoms with Gasteiger partial charge in [0.1, 0.15) is 12.1 Å². The third-order valence-electron chi connectivity index (χ3n) is 1.67. The van der Waals surface area contributed by atoms with E-state index in [0.717, 1.165) is 5.69 Å². The van der Waals surface area contributed by atoms with Gasteiger partial charge in [0, 0.05) is 5.69 Å². The number of benzene rings is 1. The van der Waals surface area contributed by atoms with Crippen molar-refractivity contribution in [2.75, 3.05) is 5.32 Å². The average Bonchev–Trinajstić information content (AvgIpc) is 2.18. The Hall–Kier alpha value is -1.71. The molecule has 1 unspecified atom stereocenters. The third-order valence-corrected chi connectivity index (χ3v) is 1.98. The second-order valence-electron chi connectivity index (χ2n) is 2.80. The van der Waals surface area contributed by atoms with Crippen LogP contribution >= 0.6 is 11.6 Å². The zero-order chi connectivity index (χ0) is 10.6. The fourth-order valence-electron chi connectivity index (χ4n) is 0.978. The molecule has 70 valence electrons. The van der Waals surface area contributed by atoms with E-state index in [4.69, 9.17) is 22.1 Å². The van der Waals surface area contributed by atoms with Gasteiger partial charge in [-0.05, 0) is 25.1 Å². The Morgan fingerprint density at radius 2 is 2.14 bits per heavy atom. The molecule has 14 heavy (non-hydrogen) atoms. The Labute approximate surface area is 87.5 Å². The number of halogens is 1. The van der Waals surface area contributed by atoms with Gasteiger partial charge in [-0.15, -0.1) is 0 Å². The molecule has 3 nitrogen and oxygen atoms in total. The largest absolute Gasteiger partial charge is 0.370 e. The summed E-state index contributed by atoms with van der Waals surface area (Å²) in [5, 5.41) is 20.5. The van der Waals surface area contributed by atoms with Crippen LogP contribution in [0.1, 0.15) is 12.5 Å². The Morgan fingerprint density at radius 3 is 2.64 bits per heavy atom. The minimum atomic E-state index is -0.279. The number of nitrogens with zero attached hydrogens (tertiary/aromatic N) is 2. The highest BCUT2D eigenvalue weighted by Gasteiger charge is 2.03. The van der Waals surface area contributed by atoms with Crippen molar-refractivity contribution in [3.8, 4) is 12.1 Å². The van der Waals surface area contributed by atoms with Crippen molar-refractivity contribution in [1.29, 1.82) is 10.5 Å². The zero-order valence-corrected chi connectivity index (χ0v) is 8.34. The molecule has 0 saturated carbocycles. The van der Waals surface area contributed by atoms with E-state index >= 15 is 0 Å². The van der Waals surface area contributed by atoms with Gasteiger partial charge in [0.05, 0.1) is 16.7 Å². The molecule has 0 radical (unpaired) electrons. The lowest BCUT2D eigenvalue weighted by atomic mass is 10.2. The molecule has 0 aliphatic carbocycles. The van der Waals surface area contributed by atoms with Crippen LogP contribution in [0.25, 0.3) is 0 Å². The molecule has 1 atom stereocenters. The Balaban J connectivity index is 2.89. The minimum absolute atomic E-state index is 0.279. The van der Waals surface area contributed by atoms with Crippen molar-refractivity contribution in [3.63, 3.8) is 0 Å². The molecule has 0 aliphatic rings. The van der Waals surface area contributed by atoms with Crippen molar-refractivity contribution < 1.29 is 0 Å². The van der Waals surface area contributed by atoms with Crippen LogP contribution in [0, 0.1) is 22.7 Å². The molecule has 0 spiro atoms. The second-order valence-corrected chi connectivity index (χ2v) is 3.21. The number of nitrogens with one attached hydrogen (secondary N) is 1. The van der Waals surface area contributed by atoms with E-state index in [9.17, 15) is 0 Å². The molecule has 0 amide bonds. The van der Waals surface area contributed by atoms with Gasteiger partial charge in [0.2, 0.25) is 0 Å². The molecule has 0 saturated heterocycles. The highest BCUT2D eigenvalue weighted by molar-refractivity contribution is 6.32. The van der Waals surface area contributed by atoms with Crippen molar-refractivity contribution in [1.82, 2.24) is 0 Å². The summed E-state index contributed by atoms with van der Waals surface area (Å²) >= 11 is 5.81. The topological polar surface area (TPSA) is 59.6 Å². The Kier molecular flexibility index (Phi) is 3.34. The second kappa shape index (κ2) is 4.50. The minimum Gasteiger partial charge on any atom is -0.370 e. The van der Waals surface area contributed by atoms with E-state index in [0.29, 0.717) is 10.6 Å². The molecular weight excluding hydrogens is 198 g/mol. The summed E-state index contributed by atoms with van der Waals surface area (Å²) in [7, 11) is 0. The molecule has 0 aliphatic heterocycles. The number of nitriles is 2. The molecular formula is C10H8ClN3. The third kappa shape index (κ3) is 2.39. The number of hydrogen-bond donors (Lipinski definition) is 1. The monoisotopic (exact) mass is 205 g/mol. The van der Waals surface area contributed by atoms with E-state index in [1.165, 1.54) is 0 Å². The molecule has 1 N–H and O–H groups in total. The first kappa shape index (κ1) is 10.4. The molecule has 0 bridgehead atoms. The summed E-state index contributed by atoms with van der Waals surface area (Å²) in [6.07, 6.45) is 0. The number of anilines is 1. The highest BCUT2D eigenvalue weighted by atomic mass is 35.5. The first-order chi connectivity index (χ1) is 6.67. The van der Waals surface area contributed by atoms with Crippen molar-refractivity contribution in [3.05, 3.63) is 28.8 Å². The quantitative estimate of drug-likeness (QED) is 0.807. The van der Waals surface area contributed by atoms with Crippen LogP contribution in [-0.4, -0.2) is 6.04 Å². The normalized spacial score (nSPS) is 11.1. The van der Waals surface area contributed by atoms with Gasteiger partial charge in [0.15, 0.2) is 0 Å². The SMILES string of the molecule is CC(C#N)Nc1ccc(C#N)c(Cl)c1. The molecule has 1 rings (SSSR count). The molecule has 0 aromatic heterocycles. The fraction of sp³-hybridized carbons (Fsp3) is 0.200. The van der Waals surface area contributed by atoms with Crippen molar-refractivity contribution in [2.45, 2.75) is 13.0 Å². The molecule has 1 aromatic rings. The first-order valence-corrected chi connectivity index (χ1v) is 4.41. The van der Waals surface area contributed by atoms with Gasteiger partial charge in [-0.3, -0.25) is 0 Å². The lowest BCUT2D eigenvalue weighted by molar-refractivity contribution is 1.01.